The molecule has 1 aliphatic heterocycles. The third-order valence-electron chi connectivity index (χ3n) is 3.43. The molecule has 2 heterocycles. The lowest BCUT2D eigenvalue weighted by Crippen LogP contribution is -2.46. The Morgan fingerprint density at radius 1 is 1.58 bits per heavy atom. The molecule has 0 saturated carbocycles. The number of nitrogens with one attached hydrogen (secondary N) is 1. The molecule has 2 N–H and O–H groups in total. The molecule has 1 aromatic heterocycles. The summed E-state index contributed by atoms with van der Waals surface area (Å²) >= 11 is 0. The summed E-state index contributed by atoms with van der Waals surface area (Å²) in [5.41, 5.74) is 1.15. The number of hydrogen-bond acceptors (Lipinski definition) is 4. The molecule has 0 aliphatic carbocycles. The van der Waals surface area contributed by atoms with Crippen molar-refractivity contribution in [2.24, 2.45) is 5.92 Å². The number of carbonyl (C=O) groups excluding carboxylic acids is 1. The minimum absolute atomic E-state index is 0.147. The standard InChI is InChI=1S/C12H17N3O4/c1-3-15(10-6-19-5-9(10)12(17)18)11(16)8-4-13-14-7(8)2/h4,9-10H,3,5-6H2,1-2H3,(H,13,14)(H,17,18). The zero-order valence-electron chi connectivity index (χ0n) is 10.9. The third-order valence-corrected chi connectivity index (χ3v) is 3.43. The maximum absolute atomic E-state index is 12.4. The topological polar surface area (TPSA) is 95.5 Å². The van der Waals surface area contributed by atoms with Crippen LogP contribution in [0.3, 0.4) is 0 Å². The van der Waals surface area contributed by atoms with E-state index in [-0.39, 0.29) is 19.1 Å². The first kappa shape index (κ1) is 13.5. The second-order valence-corrected chi connectivity index (χ2v) is 4.55. The van der Waals surface area contributed by atoms with Crippen LogP contribution in [0.4, 0.5) is 0 Å². The summed E-state index contributed by atoms with van der Waals surface area (Å²) in [6.07, 6.45) is 1.46. The van der Waals surface area contributed by atoms with Gasteiger partial charge < -0.3 is 14.7 Å². The van der Waals surface area contributed by atoms with Gasteiger partial charge in [-0.15, -0.1) is 0 Å². The van der Waals surface area contributed by atoms with E-state index in [9.17, 15) is 9.59 Å². The van der Waals surface area contributed by atoms with Crippen molar-refractivity contribution in [3.05, 3.63) is 17.5 Å². The van der Waals surface area contributed by atoms with Gasteiger partial charge in [0.25, 0.3) is 5.91 Å². The van der Waals surface area contributed by atoms with E-state index >= 15 is 0 Å². The van der Waals surface area contributed by atoms with Crippen molar-refractivity contribution in [2.45, 2.75) is 19.9 Å². The normalized spacial score (nSPS) is 22.4. The number of H-pyrrole nitrogens is 1. The number of nitrogens with zero attached hydrogens (tertiary/aromatic N) is 2. The van der Waals surface area contributed by atoms with Crippen molar-refractivity contribution in [1.29, 1.82) is 0 Å². The Bertz CT molecular complexity index is 485. The van der Waals surface area contributed by atoms with E-state index in [1.807, 2.05) is 6.92 Å². The van der Waals surface area contributed by atoms with Crippen LogP contribution in [0.1, 0.15) is 23.0 Å². The van der Waals surface area contributed by atoms with Crippen molar-refractivity contribution >= 4 is 11.9 Å². The average molecular weight is 267 g/mol. The molecule has 1 saturated heterocycles. The molecule has 2 rings (SSSR count). The van der Waals surface area contributed by atoms with Crippen LogP contribution in [0, 0.1) is 12.8 Å². The van der Waals surface area contributed by atoms with Gasteiger partial charge in [-0.3, -0.25) is 14.7 Å². The highest BCUT2D eigenvalue weighted by Gasteiger charge is 2.40. The second kappa shape index (κ2) is 5.40. The summed E-state index contributed by atoms with van der Waals surface area (Å²) in [7, 11) is 0. The number of ether oxygens (including phenoxy) is 1. The predicted molar refractivity (Wildman–Crippen MR) is 65.8 cm³/mol. The maximum Gasteiger partial charge on any atom is 0.311 e. The fourth-order valence-electron chi connectivity index (χ4n) is 2.34. The molecule has 0 radical (unpaired) electrons. The van der Waals surface area contributed by atoms with E-state index in [0.29, 0.717) is 17.8 Å². The summed E-state index contributed by atoms with van der Waals surface area (Å²) in [6, 6.07) is -0.427. The van der Waals surface area contributed by atoms with Gasteiger partial charge in [0.05, 0.1) is 31.0 Å². The highest BCUT2D eigenvalue weighted by atomic mass is 16.5. The Kier molecular flexibility index (Phi) is 3.84. The molecule has 0 aromatic carbocycles. The predicted octanol–water partition coefficient (Wildman–Crippen LogP) is 0.280. The van der Waals surface area contributed by atoms with Crippen LogP contribution in [-0.4, -0.2) is 57.9 Å². The Morgan fingerprint density at radius 2 is 2.32 bits per heavy atom. The van der Waals surface area contributed by atoms with Crippen LogP contribution in [0.5, 0.6) is 0 Å². The molecule has 2 atom stereocenters. The molecule has 7 heteroatoms. The van der Waals surface area contributed by atoms with Crippen LogP contribution in [0.2, 0.25) is 0 Å². The van der Waals surface area contributed by atoms with E-state index in [4.69, 9.17) is 9.84 Å². The molecule has 1 aliphatic rings. The number of carboxylic acid groups (broad SMARTS) is 1. The number of aromatic nitrogens is 2. The zero-order chi connectivity index (χ0) is 14.0. The number of likely N-dealkylation sites (N-methyl/N-ethyl adjacent to an activating group) is 1. The Hall–Kier alpha value is -1.89. The van der Waals surface area contributed by atoms with E-state index < -0.39 is 17.9 Å². The minimum Gasteiger partial charge on any atom is -0.481 e. The van der Waals surface area contributed by atoms with Gasteiger partial charge in [-0.05, 0) is 13.8 Å². The summed E-state index contributed by atoms with van der Waals surface area (Å²) in [6.45, 7) is 4.42. The van der Waals surface area contributed by atoms with Gasteiger partial charge >= 0.3 is 5.97 Å². The monoisotopic (exact) mass is 267 g/mol. The van der Waals surface area contributed by atoms with Crippen molar-refractivity contribution in [1.82, 2.24) is 15.1 Å². The smallest absolute Gasteiger partial charge is 0.311 e. The molecule has 0 bridgehead atoms. The number of hydrogen-bond donors (Lipinski definition) is 2. The van der Waals surface area contributed by atoms with Crippen LogP contribution >= 0.6 is 0 Å². The Labute approximate surface area is 110 Å². The molecular formula is C12H17N3O4. The van der Waals surface area contributed by atoms with E-state index in [2.05, 4.69) is 10.2 Å². The number of amides is 1. The number of carbonyl (C=O) groups is 2. The quantitative estimate of drug-likeness (QED) is 0.817. The molecule has 2 unspecified atom stereocenters. The zero-order valence-corrected chi connectivity index (χ0v) is 10.9. The van der Waals surface area contributed by atoms with Gasteiger partial charge in [0.2, 0.25) is 0 Å². The van der Waals surface area contributed by atoms with Crippen LogP contribution in [-0.2, 0) is 9.53 Å². The van der Waals surface area contributed by atoms with Crippen LogP contribution < -0.4 is 0 Å². The fraction of sp³-hybridized carbons (Fsp3) is 0.583. The van der Waals surface area contributed by atoms with Gasteiger partial charge in [-0.1, -0.05) is 0 Å². The number of rotatable bonds is 4. The maximum atomic E-state index is 12.4. The third kappa shape index (κ3) is 2.46. The Morgan fingerprint density at radius 3 is 2.84 bits per heavy atom. The summed E-state index contributed by atoms with van der Waals surface area (Å²) in [5.74, 6) is -1.82. The van der Waals surface area contributed by atoms with Gasteiger partial charge in [-0.25, -0.2) is 0 Å². The number of aromatic amines is 1. The number of carboxylic acids is 1. The molecule has 19 heavy (non-hydrogen) atoms. The first-order chi connectivity index (χ1) is 9.06. The van der Waals surface area contributed by atoms with Crippen molar-refractivity contribution in [2.75, 3.05) is 19.8 Å². The number of aliphatic carboxylic acids is 1. The lowest BCUT2D eigenvalue weighted by Gasteiger charge is -2.29. The minimum atomic E-state index is -0.933. The van der Waals surface area contributed by atoms with Crippen molar-refractivity contribution < 1.29 is 19.4 Å². The van der Waals surface area contributed by atoms with Crippen LogP contribution in [0.15, 0.2) is 6.20 Å². The van der Waals surface area contributed by atoms with Crippen LogP contribution in [0.25, 0.3) is 0 Å². The first-order valence-corrected chi connectivity index (χ1v) is 6.17. The van der Waals surface area contributed by atoms with Gasteiger partial charge in [0.15, 0.2) is 0 Å². The van der Waals surface area contributed by atoms with E-state index in [1.165, 1.54) is 6.20 Å². The molecule has 104 valence electrons. The van der Waals surface area contributed by atoms with E-state index in [1.54, 1.807) is 11.8 Å². The Balaban J connectivity index is 2.23. The highest BCUT2D eigenvalue weighted by molar-refractivity contribution is 5.95. The highest BCUT2D eigenvalue weighted by Crippen LogP contribution is 2.22. The summed E-state index contributed by atoms with van der Waals surface area (Å²) in [5, 5.41) is 15.7. The molecule has 1 fully saturated rings. The molecule has 1 aromatic rings. The van der Waals surface area contributed by atoms with E-state index in [0.717, 1.165) is 0 Å². The fourth-order valence-corrected chi connectivity index (χ4v) is 2.34. The molecule has 7 nitrogen and oxygen atoms in total. The van der Waals surface area contributed by atoms with Crippen molar-refractivity contribution in [3.8, 4) is 0 Å². The lowest BCUT2D eigenvalue weighted by molar-refractivity contribution is -0.142. The first-order valence-electron chi connectivity index (χ1n) is 6.17. The molecule has 1 amide bonds. The number of aryl methyl sites for hydroxylation is 1. The van der Waals surface area contributed by atoms with Gasteiger partial charge in [-0.2, -0.15) is 5.10 Å². The lowest BCUT2D eigenvalue weighted by atomic mass is 10.0. The molecule has 0 spiro atoms. The van der Waals surface area contributed by atoms with Gasteiger partial charge in [0.1, 0.15) is 5.92 Å². The summed E-state index contributed by atoms with van der Waals surface area (Å²) in [4.78, 5) is 25.1. The second-order valence-electron chi connectivity index (χ2n) is 4.55. The van der Waals surface area contributed by atoms with Gasteiger partial charge in [0, 0.05) is 12.2 Å². The SMILES string of the molecule is CCN(C(=O)c1cn[nH]c1C)C1COCC1C(=O)O. The summed E-state index contributed by atoms with van der Waals surface area (Å²) < 4.78 is 5.21. The molecular weight excluding hydrogens is 250 g/mol. The largest absolute Gasteiger partial charge is 0.481 e. The van der Waals surface area contributed by atoms with Crippen molar-refractivity contribution in [3.63, 3.8) is 0 Å². The average Bonchev–Trinajstić information content (AvgIpc) is 2.98.